The molecule has 3 rings (SSSR count). The Bertz CT molecular complexity index is 751. The summed E-state index contributed by atoms with van der Waals surface area (Å²) >= 11 is 0. The Kier molecular flexibility index (Phi) is 5.35. The summed E-state index contributed by atoms with van der Waals surface area (Å²) < 4.78 is 0. The summed E-state index contributed by atoms with van der Waals surface area (Å²) in [4.78, 5) is 38.2. The second-order valence-corrected chi connectivity index (χ2v) is 6.82. The maximum Gasteiger partial charge on any atom is 0.270 e. The van der Waals surface area contributed by atoms with Crippen molar-refractivity contribution in [3.8, 4) is 0 Å². The second kappa shape index (κ2) is 7.68. The van der Waals surface area contributed by atoms with Crippen molar-refractivity contribution >= 4 is 23.4 Å². The van der Waals surface area contributed by atoms with Gasteiger partial charge in [-0.2, -0.15) is 5.10 Å². The Morgan fingerprint density at radius 1 is 1.15 bits per heavy atom. The first-order valence-corrected chi connectivity index (χ1v) is 8.95. The standard InChI is InChI=1S/C19H24N4O3/c1-13-5-3-4-6-15(13)18(25)20-14-9-11-23(12-10-14)19(26)16-7-8-17(24)22(2)21-16/h3-6,14H,7-12H2,1-2H3,(H,20,25). The molecule has 0 atom stereocenters. The third kappa shape index (κ3) is 3.92. The van der Waals surface area contributed by atoms with Crippen LogP contribution in [0, 0.1) is 6.92 Å². The molecule has 0 unspecified atom stereocenters. The normalized spacial score (nSPS) is 18.5. The average molecular weight is 356 g/mol. The molecule has 138 valence electrons. The number of hydrogen-bond donors (Lipinski definition) is 1. The molecule has 0 spiro atoms. The zero-order chi connectivity index (χ0) is 18.7. The van der Waals surface area contributed by atoms with Crippen molar-refractivity contribution in [2.45, 2.75) is 38.6 Å². The number of benzene rings is 1. The predicted molar refractivity (Wildman–Crippen MR) is 97.7 cm³/mol. The molecule has 7 heteroatoms. The summed E-state index contributed by atoms with van der Waals surface area (Å²) in [5.41, 5.74) is 2.08. The highest BCUT2D eigenvalue weighted by Crippen LogP contribution is 2.16. The predicted octanol–water partition coefficient (Wildman–Crippen LogP) is 1.32. The van der Waals surface area contributed by atoms with Crippen LogP contribution in [0.1, 0.15) is 41.6 Å². The van der Waals surface area contributed by atoms with Crippen LogP contribution in [-0.4, -0.2) is 59.5 Å². The minimum atomic E-state index is -0.104. The maximum absolute atomic E-state index is 12.6. The first-order valence-electron chi connectivity index (χ1n) is 8.95. The van der Waals surface area contributed by atoms with E-state index in [1.807, 2.05) is 31.2 Å². The summed E-state index contributed by atoms with van der Waals surface area (Å²) in [5, 5.41) is 8.40. The lowest BCUT2D eigenvalue weighted by Crippen LogP contribution is -2.49. The molecule has 0 aliphatic carbocycles. The number of hydrazone groups is 1. The van der Waals surface area contributed by atoms with E-state index >= 15 is 0 Å². The van der Waals surface area contributed by atoms with Crippen LogP contribution in [0.25, 0.3) is 0 Å². The number of carbonyl (C=O) groups is 3. The van der Waals surface area contributed by atoms with Gasteiger partial charge in [0.25, 0.3) is 11.8 Å². The quantitative estimate of drug-likeness (QED) is 0.887. The van der Waals surface area contributed by atoms with Gasteiger partial charge >= 0.3 is 0 Å². The molecular weight excluding hydrogens is 332 g/mol. The Morgan fingerprint density at radius 2 is 1.85 bits per heavy atom. The van der Waals surface area contributed by atoms with Gasteiger partial charge in [0.1, 0.15) is 5.71 Å². The number of hydrogen-bond acceptors (Lipinski definition) is 4. The maximum atomic E-state index is 12.6. The first-order chi connectivity index (χ1) is 12.5. The van der Waals surface area contributed by atoms with Gasteiger partial charge < -0.3 is 10.2 Å². The third-order valence-corrected chi connectivity index (χ3v) is 4.96. The fraction of sp³-hybridized carbons (Fsp3) is 0.474. The fourth-order valence-electron chi connectivity index (χ4n) is 3.32. The van der Waals surface area contributed by atoms with Crippen molar-refractivity contribution in [3.05, 3.63) is 35.4 Å². The molecule has 26 heavy (non-hydrogen) atoms. The number of nitrogens with one attached hydrogen (secondary N) is 1. The van der Waals surface area contributed by atoms with Crippen LogP contribution in [0.3, 0.4) is 0 Å². The average Bonchev–Trinajstić information content (AvgIpc) is 2.64. The lowest BCUT2D eigenvalue weighted by molar-refractivity contribution is -0.130. The van der Waals surface area contributed by atoms with Crippen molar-refractivity contribution in [1.29, 1.82) is 0 Å². The molecule has 0 saturated carbocycles. The lowest BCUT2D eigenvalue weighted by Gasteiger charge is -2.33. The number of amides is 3. The minimum absolute atomic E-state index is 0.0590. The van der Waals surface area contributed by atoms with Gasteiger partial charge in [-0.3, -0.25) is 14.4 Å². The van der Waals surface area contributed by atoms with Gasteiger partial charge in [0.2, 0.25) is 5.91 Å². The smallest absolute Gasteiger partial charge is 0.270 e. The minimum Gasteiger partial charge on any atom is -0.349 e. The van der Waals surface area contributed by atoms with E-state index in [-0.39, 0.29) is 23.8 Å². The van der Waals surface area contributed by atoms with Crippen molar-refractivity contribution in [1.82, 2.24) is 15.2 Å². The molecule has 2 heterocycles. The van der Waals surface area contributed by atoms with Crippen LogP contribution < -0.4 is 5.32 Å². The monoisotopic (exact) mass is 356 g/mol. The van der Waals surface area contributed by atoms with Gasteiger partial charge in [0.15, 0.2) is 0 Å². The van der Waals surface area contributed by atoms with E-state index in [1.54, 1.807) is 11.9 Å². The SMILES string of the molecule is Cc1ccccc1C(=O)NC1CCN(C(=O)C2=NN(C)C(=O)CC2)CC1. The molecule has 0 radical (unpaired) electrons. The van der Waals surface area contributed by atoms with E-state index in [2.05, 4.69) is 10.4 Å². The summed E-state index contributed by atoms with van der Waals surface area (Å²) in [6.45, 7) is 3.07. The molecule has 0 aromatic heterocycles. The van der Waals surface area contributed by atoms with Crippen LogP contribution in [0.4, 0.5) is 0 Å². The van der Waals surface area contributed by atoms with Gasteiger partial charge in [0, 0.05) is 44.6 Å². The molecule has 1 N–H and O–H groups in total. The van der Waals surface area contributed by atoms with Gasteiger partial charge in [-0.25, -0.2) is 5.01 Å². The highest BCUT2D eigenvalue weighted by Gasteiger charge is 2.29. The summed E-state index contributed by atoms with van der Waals surface area (Å²) in [5.74, 6) is -0.239. The van der Waals surface area contributed by atoms with Crippen molar-refractivity contribution in [2.24, 2.45) is 5.10 Å². The molecule has 7 nitrogen and oxygen atoms in total. The van der Waals surface area contributed by atoms with Gasteiger partial charge in [-0.05, 0) is 31.4 Å². The topological polar surface area (TPSA) is 82.1 Å². The zero-order valence-electron chi connectivity index (χ0n) is 15.2. The van der Waals surface area contributed by atoms with Gasteiger partial charge in [-0.15, -0.1) is 0 Å². The Balaban J connectivity index is 1.54. The largest absolute Gasteiger partial charge is 0.349 e. The first kappa shape index (κ1) is 18.1. The number of aryl methyl sites for hydroxylation is 1. The van der Waals surface area contributed by atoms with Gasteiger partial charge in [-0.1, -0.05) is 18.2 Å². The van der Waals surface area contributed by atoms with Crippen LogP contribution in [0.5, 0.6) is 0 Å². The molecular formula is C19H24N4O3. The van der Waals surface area contributed by atoms with Crippen molar-refractivity contribution < 1.29 is 14.4 Å². The van der Waals surface area contributed by atoms with Crippen LogP contribution in [-0.2, 0) is 9.59 Å². The number of nitrogens with zero attached hydrogens (tertiary/aromatic N) is 3. The molecule has 1 aromatic carbocycles. The zero-order valence-corrected chi connectivity index (χ0v) is 15.2. The molecule has 2 aliphatic heterocycles. The third-order valence-electron chi connectivity index (χ3n) is 4.96. The summed E-state index contributed by atoms with van der Waals surface area (Å²) in [6.07, 6.45) is 2.15. The van der Waals surface area contributed by atoms with Crippen LogP contribution in [0.15, 0.2) is 29.4 Å². The second-order valence-electron chi connectivity index (χ2n) is 6.82. The molecule has 1 aromatic rings. The Morgan fingerprint density at radius 3 is 2.50 bits per heavy atom. The Hall–Kier alpha value is -2.70. The summed E-state index contributed by atoms with van der Waals surface area (Å²) in [7, 11) is 1.57. The van der Waals surface area contributed by atoms with Crippen molar-refractivity contribution in [3.63, 3.8) is 0 Å². The molecule has 1 saturated heterocycles. The molecule has 0 bridgehead atoms. The fourth-order valence-corrected chi connectivity index (χ4v) is 3.32. The highest BCUT2D eigenvalue weighted by atomic mass is 16.2. The molecule has 2 aliphatic rings. The van der Waals surface area contributed by atoms with Crippen LogP contribution in [0.2, 0.25) is 0 Å². The van der Waals surface area contributed by atoms with E-state index in [9.17, 15) is 14.4 Å². The van der Waals surface area contributed by atoms with E-state index in [0.717, 1.165) is 5.56 Å². The van der Waals surface area contributed by atoms with Gasteiger partial charge in [0.05, 0.1) is 0 Å². The summed E-state index contributed by atoms with van der Waals surface area (Å²) in [6, 6.07) is 7.57. The van der Waals surface area contributed by atoms with E-state index in [0.29, 0.717) is 50.0 Å². The molecule has 3 amide bonds. The number of piperidine rings is 1. The lowest BCUT2D eigenvalue weighted by atomic mass is 10.0. The molecule has 1 fully saturated rings. The van der Waals surface area contributed by atoms with E-state index in [1.165, 1.54) is 5.01 Å². The number of likely N-dealkylation sites (tertiary alicyclic amines) is 1. The van der Waals surface area contributed by atoms with E-state index < -0.39 is 0 Å². The van der Waals surface area contributed by atoms with E-state index in [4.69, 9.17) is 0 Å². The number of carbonyl (C=O) groups excluding carboxylic acids is 3. The Labute approximate surface area is 153 Å². The number of rotatable bonds is 3. The van der Waals surface area contributed by atoms with Crippen molar-refractivity contribution in [2.75, 3.05) is 20.1 Å². The highest BCUT2D eigenvalue weighted by molar-refractivity contribution is 6.39. The van der Waals surface area contributed by atoms with Crippen LogP contribution >= 0.6 is 0 Å².